The van der Waals surface area contributed by atoms with Gasteiger partial charge in [0.1, 0.15) is 10.6 Å². The highest BCUT2D eigenvalue weighted by molar-refractivity contribution is 7.17. The molecule has 3 rings (SSSR count). The molecule has 5 heteroatoms. The second kappa shape index (κ2) is 7.00. The van der Waals surface area contributed by atoms with E-state index >= 15 is 0 Å². The van der Waals surface area contributed by atoms with Gasteiger partial charge in [-0.25, -0.2) is 4.79 Å². The molecule has 1 fully saturated rings. The molecule has 0 unspecified atom stereocenters. The molecular weight excluding hydrogens is 334 g/mol. The Labute approximate surface area is 152 Å². The third-order valence-electron chi connectivity index (χ3n) is 4.84. The zero-order valence-corrected chi connectivity index (χ0v) is 15.9. The maximum atomic E-state index is 12.5. The van der Waals surface area contributed by atoms with Crippen molar-refractivity contribution in [2.45, 2.75) is 40.0 Å². The highest BCUT2D eigenvalue weighted by atomic mass is 32.1. The molecule has 1 amide bonds. The van der Waals surface area contributed by atoms with E-state index in [1.54, 1.807) is 0 Å². The number of carbonyl (C=O) groups is 2. The minimum atomic E-state index is -0.414. The molecule has 0 radical (unpaired) electrons. The first-order valence-corrected chi connectivity index (χ1v) is 9.34. The lowest BCUT2D eigenvalue weighted by atomic mass is 9.85. The monoisotopic (exact) mass is 357 g/mol. The molecule has 2 aromatic rings. The smallest absolute Gasteiger partial charge is 0.341 e. The highest BCUT2D eigenvalue weighted by Gasteiger charge is 2.30. The van der Waals surface area contributed by atoms with Crippen LogP contribution in [0.15, 0.2) is 18.2 Å². The largest absolute Gasteiger partial charge is 0.465 e. The van der Waals surface area contributed by atoms with Gasteiger partial charge in [-0.05, 0) is 44.7 Å². The number of hydrogen-bond acceptors (Lipinski definition) is 4. The molecule has 1 aromatic carbocycles. The molecule has 0 atom stereocenters. The van der Waals surface area contributed by atoms with Crippen LogP contribution in [0, 0.1) is 26.7 Å². The predicted molar refractivity (Wildman–Crippen MR) is 101 cm³/mol. The number of anilines is 1. The molecule has 4 nitrogen and oxygen atoms in total. The molecule has 1 saturated carbocycles. The van der Waals surface area contributed by atoms with Crippen LogP contribution >= 0.6 is 11.3 Å². The first-order valence-electron chi connectivity index (χ1n) is 8.52. The number of amides is 1. The van der Waals surface area contributed by atoms with Crippen LogP contribution in [-0.2, 0) is 9.53 Å². The molecule has 0 aliphatic heterocycles. The van der Waals surface area contributed by atoms with Crippen molar-refractivity contribution in [3.05, 3.63) is 39.8 Å². The zero-order chi connectivity index (χ0) is 18.1. The van der Waals surface area contributed by atoms with E-state index in [1.807, 2.05) is 32.9 Å². The Morgan fingerprint density at radius 1 is 1.20 bits per heavy atom. The highest BCUT2D eigenvalue weighted by Crippen LogP contribution is 2.42. The van der Waals surface area contributed by atoms with Crippen LogP contribution < -0.4 is 5.32 Å². The maximum absolute atomic E-state index is 12.5. The normalized spacial score (nSPS) is 14.1. The first kappa shape index (κ1) is 17.7. The molecule has 1 aromatic heterocycles. The van der Waals surface area contributed by atoms with Crippen LogP contribution in [0.4, 0.5) is 5.00 Å². The molecule has 25 heavy (non-hydrogen) atoms. The number of rotatable bonds is 4. The van der Waals surface area contributed by atoms with Gasteiger partial charge in [0.15, 0.2) is 0 Å². The summed E-state index contributed by atoms with van der Waals surface area (Å²) in [6.07, 6.45) is 2.95. The summed E-state index contributed by atoms with van der Waals surface area (Å²) in [6, 6.07) is 6.16. The molecule has 0 saturated heterocycles. The predicted octanol–water partition coefficient (Wildman–Crippen LogP) is 4.87. The summed E-state index contributed by atoms with van der Waals surface area (Å²) >= 11 is 1.44. The lowest BCUT2D eigenvalue weighted by molar-refractivity contribution is -0.122. The van der Waals surface area contributed by atoms with E-state index in [1.165, 1.54) is 24.0 Å². The van der Waals surface area contributed by atoms with Crippen molar-refractivity contribution in [1.29, 1.82) is 0 Å². The van der Waals surface area contributed by atoms with Gasteiger partial charge in [0, 0.05) is 16.4 Å². The standard InChI is InChI=1S/C20H23NO3S/c1-11-8-9-15(12(2)10-11)16-13(3)25-19(17(16)20(23)24-4)21-18(22)14-6-5-7-14/h8-10,14H,5-7H2,1-4H3,(H,21,22). The van der Waals surface area contributed by atoms with Gasteiger partial charge in [-0.3, -0.25) is 4.79 Å². The van der Waals surface area contributed by atoms with E-state index in [9.17, 15) is 9.59 Å². The summed E-state index contributed by atoms with van der Waals surface area (Å²) in [5.74, 6) is -0.342. The summed E-state index contributed by atoms with van der Waals surface area (Å²) in [4.78, 5) is 25.9. The first-order chi connectivity index (χ1) is 11.9. The van der Waals surface area contributed by atoms with Crippen LogP contribution in [0.5, 0.6) is 0 Å². The molecule has 1 aliphatic rings. The van der Waals surface area contributed by atoms with Crippen LogP contribution in [0.1, 0.15) is 45.6 Å². The third kappa shape index (κ3) is 3.33. The Balaban J connectivity index is 2.08. The van der Waals surface area contributed by atoms with Gasteiger partial charge in [-0.2, -0.15) is 0 Å². The number of methoxy groups -OCH3 is 1. The molecular formula is C20H23NO3S. The summed E-state index contributed by atoms with van der Waals surface area (Å²) in [6.45, 7) is 6.06. The summed E-state index contributed by atoms with van der Waals surface area (Å²) < 4.78 is 5.01. The number of ether oxygens (including phenoxy) is 1. The van der Waals surface area contributed by atoms with Crippen molar-refractivity contribution in [2.24, 2.45) is 5.92 Å². The molecule has 1 N–H and O–H groups in total. The van der Waals surface area contributed by atoms with Gasteiger partial charge in [0.05, 0.1) is 7.11 Å². The number of nitrogens with one attached hydrogen (secondary N) is 1. The van der Waals surface area contributed by atoms with Crippen molar-refractivity contribution in [2.75, 3.05) is 12.4 Å². The Morgan fingerprint density at radius 2 is 1.92 bits per heavy atom. The van der Waals surface area contributed by atoms with Gasteiger partial charge in [0.25, 0.3) is 0 Å². The van der Waals surface area contributed by atoms with Gasteiger partial charge >= 0.3 is 5.97 Å². The van der Waals surface area contributed by atoms with Gasteiger partial charge in [0.2, 0.25) is 5.91 Å². The van der Waals surface area contributed by atoms with Crippen molar-refractivity contribution in [3.63, 3.8) is 0 Å². The van der Waals surface area contributed by atoms with E-state index in [2.05, 4.69) is 11.4 Å². The fourth-order valence-electron chi connectivity index (χ4n) is 3.23. The topological polar surface area (TPSA) is 55.4 Å². The Hall–Kier alpha value is -2.14. The summed E-state index contributed by atoms with van der Waals surface area (Å²) in [5, 5.41) is 3.56. The number of esters is 1. The average Bonchev–Trinajstić information content (AvgIpc) is 2.80. The van der Waals surface area contributed by atoms with Crippen molar-refractivity contribution < 1.29 is 14.3 Å². The fraction of sp³-hybridized carbons (Fsp3) is 0.400. The van der Waals surface area contributed by atoms with Crippen molar-refractivity contribution >= 4 is 28.2 Å². The molecule has 0 spiro atoms. The average molecular weight is 357 g/mol. The second-order valence-corrected chi connectivity index (χ2v) is 7.89. The van der Waals surface area contributed by atoms with Gasteiger partial charge < -0.3 is 10.1 Å². The quantitative estimate of drug-likeness (QED) is 0.795. The maximum Gasteiger partial charge on any atom is 0.341 e. The van der Waals surface area contributed by atoms with E-state index in [0.29, 0.717) is 10.6 Å². The van der Waals surface area contributed by atoms with E-state index < -0.39 is 5.97 Å². The molecule has 0 bridgehead atoms. The lowest BCUT2D eigenvalue weighted by Crippen LogP contribution is -2.28. The van der Waals surface area contributed by atoms with Gasteiger partial charge in [-0.15, -0.1) is 11.3 Å². The number of thiophene rings is 1. The number of carbonyl (C=O) groups excluding carboxylic acids is 2. The van der Waals surface area contributed by atoms with Crippen molar-refractivity contribution in [3.8, 4) is 11.1 Å². The number of benzene rings is 1. The SMILES string of the molecule is COC(=O)c1c(NC(=O)C2CCC2)sc(C)c1-c1ccc(C)cc1C. The molecule has 1 heterocycles. The zero-order valence-electron chi connectivity index (χ0n) is 15.1. The summed E-state index contributed by atoms with van der Waals surface area (Å²) in [7, 11) is 1.37. The lowest BCUT2D eigenvalue weighted by Gasteiger charge is -2.23. The van der Waals surface area contributed by atoms with E-state index in [-0.39, 0.29) is 11.8 Å². The Kier molecular flexibility index (Phi) is 4.95. The van der Waals surface area contributed by atoms with Gasteiger partial charge in [-0.1, -0.05) is 30.2 Å². The Morgan fingerprint density at radius 3 is 2.48 bits per heavy atom. The van der Waals surface area contributed by atoms with E-state index in [0.717, 1.165) is 40.8 Å². The van der Waals surface area contributed by atoms with Crippen LogP contribution in [0.25, 0.3) is 11.1 Å². The fourth-order valence-corrected chi connectivity index (χ4v) is 4.29. The molecule has 132 valence electrons. The second-order valence-electron chi connectivity index (χ2n) is 6.66. The van der Waals surface area contributed by atoms with Crippen LogP contribution in [0.3, 0.4) is 0 Å². The third-order valence-corrected chi connectivity index (χ3v) is 5.86. The minimum absolute atomic E-state index is 0.00447. The summed E-state index contributed by atoms with van der Waals surface area (Å²) in [5.41, 5.74) is 4.60. The Bertz CT molecular complexity index is 834. The van der Waals surface area contributed by atoms with Crippen molar-refractivity contribution in [1.82, 2.24) is 0 Å². The minimum Gasteiger partial charge on any atom is -0.465 e. The van der Waals surface area contributed by atoms with Crippen LogP contribution in [0.2, 0.25) is 0 Å². The van der Waals surface area contributed by atoms with E-state index in [4.69, 9.17) is 4.74 Å². The van der Waals surface area contributed by atoms with Crippen LogP contribution in [-0.4, -0.2) is 19.0 Å². The molecule has 1 aliphatic carbocycles. The number of hydrogen-bond donors (Lipinski definition) is 1. The number of aryl methyl sites for hydroxylation is 3.